The quantitative estimate of drug-likeness (QED) is 0.627. The Hall–Kier alpha value is -2.74. The zero-order valence-electron chi connectivity index (χ0n) is 17.8. The van der Waals surface area contributed by atoms with Crippen LogP contribution in [0.5, 0.6) is 5.75 Å². The van der Waals surface area contributed by atoms with Crippen LogP contribution in [0.25, 0.3) is 0 Å². The van der Waals surface area contributed by atoms with Crippen LogP contribution in [-0.2, 0) is 11.3 Å². The number of H-pyrrole nitrogens is 1. The van der Waals surface area contributed by atoms with E-state index in [1.807, 2.05) is 20.8 Å². The lowest BCUT2D eigenvalue weighted by Gasteiger charge is -2.28. The molecular formula is C21H29ClN4O4. The number of amides is 1. The van der Waals surface area contributed by atoms with Crippen molar-refractivity contribution < 1.29 is 9.53 Å². The van der Waals surface area contributed by atoms with Crippen LogP contribution < -0.4 is 26.6 Å². The Morgan fingerprint density at radius 2 is 2.00 bits per heavy atom. The van der Waals surface area contributed by atoms with Gasteiger partial charge in [-0.15, -0.1) is 0 Å². The lowest BCUT2D eigenvalue weighted by atomic mass is 10.1. The predicted molar refractivity (Wildman–Crippen MR) is 119 cm³/mol. The van der Waals surface area contributed by atoms with Crippen LogP contribution in [-0.4, -0.2) is 28.1 Å². The van der Waals surface area contributed by atoms with Crippen molar-refractivity contribution in [2.24, 2.45) is 5.92 Å². The fraction of sp³-hybridized carbons (Fsp3) is 0.476. The Balaban J connectivity index is 2.45. The number of aromatic amines is 1. The largest absolute Gasteiger partial charge is 0.481 e. The zero-order chi connectivity index (χ0) is 22.4. The molecule has 3 N–H and O–H groups in total. The molecule has 0 bridgehead atoms. The van der Waals surface area contributed by atoms with Crippen molar-refractivity contribution in [3.63, 3.8) is 0 Å². The maximum atomic E-state index is 13.3. The summed E-state index contributed by atoms with van der Waals surface area (Å²) in [7, 11) is 0. The molecule has 30 heavy (non-hydrogen) atoms. The molecule has 9 heteroatoms. The number of unbranched alkanes of at least 4 members (excludes halogenated alkanes) is 1. The van der Waals surface area contributed by atoms with E-state index >= 15 is 0 Å². The minimum Gasteiger partial charge on any atom is -0.481 e. The smallest absolute Gasteiger partial charge is 0.330 e. The van der Waals surface area contributed by atoms with Gasteiger partial charge in [-0.05, 0) is 37.5 Å². The molecule has 1 aromatic heterocycles. The van der Waals surface area contributed by atoms with Gasteiger partial charge in [0.05, 0.1) is 0 Å². The molecule has 0 spiro atoms. The molecule has 0 fully saturated rings. The number of nitrogens with zero attached hydrogens (tertiary/aromatic N) is 2. The monoisotopic (exact) mass is 436 g/mol. The molecule has 8 nitrogen and oxygen atoms in total. The molecular weight excluding hydrogens is 408 g/mol. The van der Waals surface area contributed by atoms with Crippen molar-refractivity contribution in [3.05, 3.63) is 50.1 Å². The average molecular weight is 437 g/mol. The molecule has 164 valence electrons. The van der Waals surface area contributed by atoms with Crippen LogP contribution in [0.4, 0.5) is 11.5 Å². The van der Waals surface area contributed by atoms with Crippen LogP contribution in [0.3, 0.4) is 0 Å². The van der Waals surface area contributed by atoms with Crippen LogP contribution in [0.15, 0.2) is 33.9 Å². The van der Waals surface area contributed by atoms with E-state index < -0.39 is 23.3 Å². The van der Waals surface area contributed by atoms with Gasteiger partial charge in [-0.25, -0.2) is 4.79 Å². The number of rotatable bonds is 9. The summed E-state index contributed by atoms with van der Waals surface area (Å²) in [4.78, 5) is 41.7. The number of carbonyl (C=O) groups is 1. The van der Waals surface area contributed by atoms with Crippen molar-refractivity contribution in [2.75, 3.05) is 17.2 Å². The Morgan fingerprint density at radius 1 is 1.30 bits per heavy atom. The maximum absolute atomic E-state index is 13.3. The number of ether oxygens (including phenoxy) is 1. The van der Waals surface area contributed by atoms with Crippen molar-refractivity contribution in [2.45, 2.75) is 53.2 Å². The van der Waals surface area contributed by atoms with Gasteiger partial charge in [0.25, 0.3) is 11.5 Å². The van der Waals surface area contributed by atoms with Gasteiger partial charge in [0.1, 0.15) is 11.6 Å². The summed E-state index contributed by atoms with van der Waals surface area (Å²) in [5.74, 6) is 0.00695. The maximum Gasteiger partial charge on any atom is 0.330 e. The minimum atomic E-state index is -0.906. The first kappa shape index (κ1) is 23.5. The van der Waals surface area contributed by atoms with Gasteiger partial charge in [0, 0.05) is 18.1 Å². The third kappa shape index (κ3) is 5.66. The molecule has 1 atom stereocenters. The molecule has 2 aromatic rings. The highest BCUT2D eigenvalue weighted by Crippen LogP contribution is 2.22. The molecule has 0 saturated carbocycles. The Kier molecular flexibility index (Phi) is 8.11. The lowest BCUT2D eigenvalue weighted by Crippen LogP contribution is -2.47. The van der Waals surface area contributed by atoms with Crippen molar-refractivity contribution >= 4 is 29.0 Å². The summed E-state index contributed by atoms with van der Waals surface area (Å²) in [5, 5.41) is 0.481. The van der Waals surface area contributed by atoms with E-state index in [2.05, 4.69) is 4.98 Å². The molecule has 1 aromatic carbocycles. The molecule has 2 rings (SSSR count). The van der Waals surface area contributed by atoms with Gasteiger partial charge in [0.15, 0.2) is 11.8 Å². The van der Waals surface area contributed by atoms with Crippen LogP contribution in [0, 0.1) is 5.92 Å². The summed E-state index contributed by atoms with van der Waals surface area (Å²) in [6, 6.07) is 6.71. The summed E-state index contributed by atoms with van der Waals surface area (Å²) in [6.07, 6.45) is 0.652. The average Bonchev–Trinajstić information content (AvgIpc) is 2.66. The molecule has 1 heterocycles. The van der Waals surface area contributed by atoms with Crippen LogP contribution in [0.2, 0.25) is 5.02 Å². The van der Waals surface area contributed by atoms with Crippen molar-refractivity contribution in [1.29, 1.82) is 0 Å². The third-order valence-electron chi connectivity index (χ3n) is 4.49. The van der Waals surface area contributed by atoms with Gasteiger partial charge < -0.3 is 15.4 Å². The fourth-order valence-electron chi connectivity index (χ4n) is 3.05. The first-order valence-corrected chi connectivity index (χ1v) is 10.4. The first-order valence-electron chi connectivity index (χ1n) is 10.0. The number of nitrogen functional groups attached to an aromatic ring is 1. The van der Waals surface area contributed by atoms with Gasteiger partial charge in [0.2, 0.25) is 0 Å². The summed E-state index contributed by atoms with van der Waals surface area (Å²) in [6.45, 7) is 8.00. The molecule has 0 saturated heterocycles. The second-order valence-electron chi connectivity index (χ2n) is 7.56. The molecule has 0 radical (unpaired) electrons. The highest BCUT2D eigenvalue weighted by molar-refractivity contribution is 6.30. The summed E-state index contributed by atoms with van der Waals surface area (Å²) in [5.41, 5.74) is 4.88. The lowest BCUT2D eigenvalue weighted by molar-refractivity contribution is -0.124. The van der Waals surface area contributed by atoms with Crippen LogP contribution in [0.1, 0.15) is 40.5 Å². The van der Waals surface area contributed by atoms with Gasteiger partial charge in [-0.2, -0.15) is 0 Å². The minimum absolute atomic E-state index is 0.0267. The van der Waals surface area contributed by atoms with Crippen LogP contribution >= 0.6 is 11.6 Å². The van der Waals surface area contributed by atoms with Gasteiger partial charge in [-0.3, -0.25) is 19.1 Å². The van der Waals surface area contributed by atoms with Gasteiger partial charge >= 0.3 is 5.69 Å². The molecule has 1 amide bonds. The zero-order valence-corrected chi connectivity index (χ0v) is 18.5. The second kappa shape index (κ2) is 10.3. The Bertz CT molecular complexity index is 999. The number of aromatic nitrogens is 2. The number of hydrogen-bond acceptors (Lipinski definition) is 5. The van der Waals surface area contributed by atoms with E-state index in [1.165, 1.54) is 9.47 Å². The molecule has 0 aliphatic rings. The highest BCUT2D eigenvalue weighted by Gasteiger charge is 2.29. The van der Waals surface area contributed by atoms with Crippen molar-refractivity contribution in [3.8, 4) is 5.75 Å². The number of hydrogen-bond donors (Lipinski definition) is 2. The second-order valence-corrected chi connectivity index (χ2v) is 7.99. The Morgan fingerprint density at radius 3 is 2.60 bits per heavy atom. The molecule has 1 unspecified atom stereocenters. The number of carbonyl (C=O) groups excluding carboxylic acids is 1. The topological polar surface area (TPSA) is 110 Å². The number of benzene rings is 1. The highest BCUT2D eigenvalue weighted by atomic mass is 35.5. The van der Waals surface area contributed by atoms with E-state index in [0.717, 1.165) is 6.42 Å². The fourth-order valence-corrected chi connectivity index (χ4v) is 3.23. The normalized spacial score (nSPS) is 12.1. The SMILES string of the molecule is CCCCn1c(N)c(N(CC(C)C)C(=O)C(C)Oc2cccc(Cl)c2)c(=O)[nH]c1=O. The summed E-state index contributed by atoms with van der Waals surface area (Å²) < 4.78 is 7.04. The first-order chi connectivity index (χ1) is 14.1. The summed E-state index contributed by atoms with van der Waals surface area (Å²) >= 11 is 5.98. The van der Waals surface area contributed by atoms with E-state index in [0.29, 0.717) is 23.7 Å². The molecule has 0 aliphatic carbocycles. The van der Waals surface area contributed by atoms with E-state index in [9.17, 15) is 14.4 Å². The standard InChI is InChI=1S/C21H29ClN4O4/c1-5-6-10-25-18(23)17(19(27)24-21(25)29)26(12-13(2)3)20(28)14(4)30-16-9-7-8-15(22)11-16/h7-9,11,13-14H,5-6,10,12,23H2,1-4H3,(H,24,27,29). The predicted octanol–water partition coefficient (Wildman–Crippen LogP) is 3.03. The Labute approximate surface area is 180 Å². The van der Waals surface area contributed by atoms with Crippen molar-refractivity contribution in [1.82, 2.24) is 9.55 Å². The molecule has 0 aliphatic heterocycles. The van der Waals surface area contributed by atoms with E-state index in [1.54, 1.807) is 31.2 Å². The number of nitrogens with two attached hydrogens (primary N) is 1. The third-order valence-corrected chi connectivity index (χ3v) is 4.72. The van der Waals surface area contributed by atoms with E-state index in [-0.39, 0.29) is 24.0 Å². The number of anilines is 2. The van der Waals surface area contributed by atoms with Gasteiger partial charge in [-0.1, -0.05) is 44.9 Å². The number of nitrogens with one attached hydrogen (secondary N) is 1. The van der Waals surface area contributed by atoms with E-state index in [4.69, 9.17) is 22.1 Å². The number of halogens is 1.